The molecule has 0 unspecified atom stereocenters. The summed E-state index contributed by atoms with van der Waals surface area (Å²) >= 11 is 0. The third kappa shape index (κ3) is 5.75. The fourth-order valence-corrected chi connectivity index (χ4v) is 3.64. The highest BCUT2D eigenvalue weighted by Crippen LogP contribution is 2.23. The van der Waals surface area contributed by atoms with E-state index in [0.717, 1.165) is 18.5 Å². The van der Waals surface area contributed by atoms with Crippen LogP contribution in [0.1, 0.15) is 18.5 Å². The molecule has 6 atom stereocenters. The Balaban J connectivity index is 1.39. The van der Waals surface area contributed by atoms with Crippen LogP contribution < -0.4 is 0 Å². The highest BCUT2D eigenvalue weighted by molar-refractivity contribution is 6.11. The number of hydrogen-bond acceptors (Lipinski definition) is 8. The molecule has 1 aromatic rings. The summed E-state index contributed by atoms with van der Waals surface area (Å²) in [6.07, 6.45) is 3.58. The van der Waals surface area contributed by atoms with Crippen LogP contribution in [0.15, 0.2) is 6.20 Å². The molecule has 0 bridgehead atoms. The lowest BCUT2D eigenvalue weighted by molar-refractivity contribution is -0.0590. The highest BCUT2D eigenvalue weighted by Gasteiger charge is 2.34. The molecule has 1 aromatic heterocycles. The van der Waals surface area contributed by atoms with E-state index in [9.17, 15) is 0 Å². The number of ether oxygens (including phenoxy) is 6. The minimum absolute atomic E-state index is 0.00818. The molecule has 3 heterocycles. The summed E-state index contributed by atoms with van der Waals surface area (Å²) in [5.41, 5.74) is 0.759. The van der Waals surface area contributed by atoms with Gasteiger partial charge in [-0.2, -0.15) is 0 Å². The van der Waals surface area contributed by atoms with Crippen molar-refractivity contribution in [2.75, 3.05) is 27.4 Å². The summed E-state index contributed by atoms with van der Waals surface area (Å²) in [6, 6.07) is 0.374. The Kier molecular flexibility index (Phi) is 7.68. The zero-order valence-corrected chi connectivity index (χ0v) is 16.6. The molecule has 2 saturated heterocycles. The fourth-order valence-electron chi connectivity index (χ4n) is 3.64. The average Bonchev–Trinajstić information content (AvgIpc) is 3.33. The van der Waals surface area contributed by atoms with E-state index < -0.39 is 0 Å². The largest absolute Gasteiger partial charge is 0.382 e. The van der Waals surface area contributed by atoms with Gasteiger partial charge in [0.2, 0.25) is 0 Å². The van der Waals surface area contributed by atoms with Gasteiger partial charge in [-0.15, -0.1) is 5.10 Å². The quantitative estimate of drug-likeness (QED) is 0.444. The number of rotatable bonds is 10. The molecule has 0 radical (unpaired) electrons. The van der Waals surface area contributed by atoms with E-state index in [-0.39, 0.29) is 36.4 Å². The molecule has 0 saturated carbocycles. The van der Waals surface area contributed by atoms with E-state index >= 15 is 0 Å². The summed E-state index contributed by atoms with van der Waals surface area (Å²) in [4.78, 5) is 0. The lowest BCUT2D eigenvalue weighted by Crippen LogP contribution is -2.28. The normalized spacial score (nSPS) is 33.7. The SMILES string of the molecule is B[C@H]1C[C@@H](OC)[C@@H](COCn2cc(CO[C@@H]3C[C@H](B)O[C@@H]3COC)nn2)O1. The monoisotopic (exact) mass is 381 g/mol. The van der Waals surface area contributed by atoms with Gasteiger partial charge < -0.3 is 28.4 Å². The van der Waals surface area contributed by atoms with Crippen LogP contribution in [0.5, 0.6) is 0 Å². The van der Waals surface area contributed by atoms with E-state index in [1.807, 2.05) is 21.9 Å². The molecule has 2 aliphatic heterocycles. The lowest BCUT2D eigenvalue weighted by Gasteiger charge is -2.17. The number of aromatic nitrogens is 3. The second-order valence-electron chi connectivity index (χ2n) is 7.27. The molecule has 0 spiro atoms. The summed E-state index contributed by atoms with van der Waals surface area (Å²) < 4.78 is 35.6. The van der Waals surface area contributed by atoms with Crippen molar-refractivity contribution in [2.24, 2.45) is 0 Å². The first-order chi connectivity index (χ1) is 13.1. The van der Waals surface area contributed by atoms with Gasteiger partial charge in [0.1, 0.15) is 40.3 Å². The Labute approximate surface area is 161 Å². The van der Waals surface area contributed by atoms with Crippen molar-refractivity contribution in [2.45, 2.75) is 62.6 Å². The molecule has 0 aliphatic carbocycles. The van der Waals surface area contributed by atoms with Crippen molar-refractivity contribution in [3.8, 4) is 0 Å². The fraction of sp³-hybridized carbons (Fsp3) is 0.875. The van der Waals surface area contributed by atoms with Gasteiger partial charge in [0.25, 0.3) is 0 Å². The zero-order valence-electron chi connectivity index (χ0n) is 16.6. The second-order valence-corrected chi connectivity index (χ2v) is 7.27. The molecule has 0 amide bonds. The molecule has 9 nitrogen and oxygen atoms in total. The Morgan fingerprint density at radius 3 is 2.52 bits per heavy atom. The molecule has 2 aliphatic rings. The van der Waals surface area contributed by atoms with Crippen molar-refractivity contribution in [1.29, 1.82) is 0 Å². The number of methoxy groups -OCH3 is 2. The minimum Gasteiger partial charge on any atom is -0.382 e. The van der Waals surface area contributed by atoms with Crippen LogP contribution >= 0.6 is 0 Å². The summed E-state index contributed by atoms with van der Waals surface area (Å²) in [6.45, 7) is 1.69. The smallest absolute Gasteiger partial charge is 0.141 e. The van der Waals surface area contributed by atoms with Crippen LogP contribution in [0.3, 0.4) is 0 Å². The van der Waals surface area contributed by atoms with Crippen molar-refractivity contribution in [3.05, 3.63) is 11.9 Å². The van der Waals surface area contributed by atoms with Crippen molar-refractivity contribution < 1.29 is 28.4 Å². The number of nitrogens with zero attached hydrogens (tertiary/aromatic N) is 3. The molecular weight excluding hydrogens is 352 g/mol. The molecular formula is C16H29B2N3O6. The van der Waals surface area contributed by atoms with Gasteiger partial charge in [-0.1, -0.05) is 5.21 Å². The first kappa shape index (κ1) is 20.8. The van der Waals surface area contributed by atoms with E-state index in [0.29, 0.717) is 26.6 Å². The zero-order chi connectivity index (χ0) is 19.2. The maximum absolute atomic E-state index is 5.97. The van der Waals surface area contributed by atoms with E-state index in [4.69, 9.17) is 28.4 Å². The summed E-state index contributed by atoms with van der Waals surface area (Å²) in [5.74, 6) is 0. The van der Waals surface area contributed by atoms with Gasteiger partial charge >= 0.3 is 0 Å². The van der Waals surface area contributed by atoms with E-state index in [2.05, 4.69) is 10.3 Å². The van der Waals surface area contributed by atoms with Gasteiger partial charge in [-0.3, -0.25) is 0 Å². The first-order valence-corrected chi connectivity index (χ1v) is 9.50. The molecule has 150 valence electrons. The molecule has 2 fully saturated rings. The van der Waals surface area contributed by atoms with Crippen molar-refractivity contribution >= 4 is 15.7 Å². The predicted molar refractivity (Wildman–Crippen MR) is 101 cm³/mol. The van der Waals surface area contributed by atoms with Crippen LogP contribution in [-0.2, 0) is 41.8 Å². The van der Waals surface area contributed by atoms with E-state index in [1.165, 1.54) is 0 Å². The summed E-state index contributed by atoms with van der Waals surface area (Å²) in [7, 11) is 7.46. The second kappa shape index (κ2) is 9.99. The van der Waals surface area contributed by atoms with Crippen LogP contribution in [0.4, 0.5) is 0 Å². The standard InChI is InChI=1S/C16H29B2N3O6/c1-22-7-13-12(4-16(18)26-13)25-6-10-5-21(20-19-10)9-24-8-14-11(23-2)3-15(17)27-14/h5,11-16H,3-4,6-9,17-18H2,1-2H3/t11-,12-,13-,14-,15-,16-/m1/s1. The van der Waals surface area contributed by atoms with Gasteiger partial charge in [-0.25, -0.2) is 4.68 Å². The van der Waals surface area contributed by atoms with Gasteiger partial charge in [0.15, 0.2) is 0 Å². The molecule has 0 N–H and O–H groups in total. The lowest BCUT2D eigenvalue weighted by atomic mass is 9.96. The van der Waals surface area contributed by atoms with Crippen LogP contribution in [-0.4, -0.2) is 94.5 Å². The molecule has 3 rings (SSSR count). The Hall–Kier alpha value is -0.970. The van der Waals surface area contributed by atoms with E-state index in [1.54, 1.807) is 18.9 Å². The van der Waals surface area contributed by atoms with Crippen LogP contribution in [0.25, 0.3) is 0 Å². The average molecular weight is 381 g/mol. The third-order valence-electron chi connectivity index (χ3n) is 4.94. The maximum atomic E-state index is 5.97. The summed E-state index contributed by atoms with van der Waals surface area (Å²) in [5, 5.41) is 8.22. The maximum Gasteiger partial charge on any atom is 0.141 e. The third-order valence-corrected chi connectivity index (χ3v) is 4.94. The number of hydrogen-bond donors (Lipinski definition) is 0. The molecule has 11 heteroatoms. The first-order valence-electron chi connectivity index (χ1n) is 9.50. The van der Waals surface area contributed by atoms with Crippen molar-refractivity contribution in [3.63, 3.8) is 0 Å². The minimum atomic E-state index is -0.0431. The molecule has 27 heavy (non-hydrogen) atoms. The Morgan fingerprint density at radius 1 is 1.11 bits per heavy atom. The predicted octanol–water partition coefficient (Wildman–Crippen LogP) is -1.70. The topological polar surface area (TPSA) is 86.1 Å². The Morgan fingerprint density at radius 2 is 1.81 bits per heavy atom. The highest BCUT2D eigenvalue weighted by atomic mass is 16.6. The van der Waals surface area contributed by atoms with Crippen molar-refractivity contribution in [1.82, 2.24) is 15.0 Å². The Bertz CT molecular complexity index is 580. The van der Waals surface area contributed by atoms with Crippen LogP contribution in [0, 0.1) is 0 Å². The van der Waals surface area contributed by atoms with Crippen LogP contribution in [0.2, 0.25) is 0 Å². The van der Waals surface area contributed by atoms with Gasteiger partial charge in [0, 0.05) is 26.2 Å². The molecule has 0 aromatic carbocycles. The van der Waals surface area contributed by atoms with Gasteiger partial charge in [0.05, 0.1) is 38.2 Å². The van der Waals surface area contributed by atoms with Gasteiger partial charge in [-0.05, 0) is 12.8 Å².